The van der Waals surface area contributed by atoms with Crippen LogP contribution in [-0.2, 0) is 11.3 Å². The number of aliphatic imine (C=N–C) groups is 1. The van der Waals surface area contributed by atoms with Crippen molar-refractivity contribution in [2.24, 2.45) is 39.8 Å². The van der Waals surface area contributed by atoms with Gasteiger partial charge in [-0.1, -0.05) is 37.3 Å². The van der Waals surface area contributed by atoms with Crippen molar-refractivity contribution in [1.29, 1.82) is 5.41 Å². The number of carbonyl (C=O) groups is 1. The van der Waals surface area contributed by atoms with Crippen molar-refractivity contribution in [1.82, 2.24) is 34.6 Å². The molecule has 15 heteroatoms. The Balaban J connectivity index is 1.09. The lowest BCUT2D eigenvalue weighted by Crippen LogP contribution is -2.51. The van der Waals surface area contributed by atoms with E-state index >= 15 is 0 Å². The maximum Gasteiger partial charge on any atom is 0.309 e. The minimum atomic E-state index is -0.755. The van der Waals surface area contributed by atoms with Gasteiger partial charge >= 0.3 is 5.97 Å². The molecule has 56 heavy (non-hydrogen) atoms. The topological polar surface area (TPSA) is 181 Å². The van der Waals surface area contributed by atoms with Crippen molar-refractivity contribution >= 4 is 61.8 Å². The zero-order valence-electron chi connectivity index (χ0n) is 32.9. The summed E-state index contributed by atoms with van der Waals surface area (Å²) in [4.78, 5) is 24.1. The van der Waals surface area contributed by atoms with E-state index in [4.69, 9.17) is 16.2 Å². The first kappa shape index (κ1) is 39.6. The summed E-state index contributed by atoms with van der Waals surface area (Å²) in [5, 5.41) is 38.6. The van der Waals surface area contributed by atoms with Crippen molar-refractivity contribution in [3.8, 4) is 0 Å². The number of nitrogens with two attached hydrogens (primary N) is 1. The third-order valence-electron chi connectivity index (χ3n) is 11.8. The first-order valence-corrected chi connectivity index (χ1v) is 21.2. The van der Waals surface area contributed by atoms with Crippen LogP contribution in [0.1, 0.15) is 64.1 Å². The Labute approximate surface area is 337 Å². The fourth-order valence-corrected chi connectivity index (χ4v) is 10.6. The molecule has 2 unspecified atom stereocenters. The summed E-state index contributed by atoms with van der Waals surface area (Å²) in [6.45, 7) is 11.4. The fourth-order valence-electron chi connectivity index (χ4n) is 9.02. The van der Waals surface area contributed by atoms with Gasteiger partial charge in [-0.05, 0) is 117 Å². The van der Waals surface area contributed by atoms with Crippen molar-refractivity contribution in [2.75, 3.05) is 32.4 Å². The molecular formula is C41H54N10O3S2. The first-order chi connectivity index (χ1) is 26.7. The van der Waals surface area contributed by atoms with E-state index in [9.17, 15) is 15.0 Å². The smallest absolute Gasteiger partial charge is 0.309 e. The predicted octanol–water partition coefficient (Wildman–Crippen LogP) is 7.01. The van der Waals surface area contributed by atoms with Crippen LogP contribution in [0.4, 0.5) is 5.13 Å². The molecular weight excluding hydrogens is 745 g/mol. The summed E-state index contributed by atoms with van der Waals surface area (Å²) in [5.74, 6) is 2.96. The zero-order chi connectivity index (χ0) is 39.7. The Morgan fingerprint density at radius 1 is 1.21 bits per heavy atom. The Morgan fingerprint density at radius 2 is 1.95 bits per heavy atom. The van der Waals surface area contributed by atoms with Gasteiger partial charge in [-0.25, -0.2) is 9.98 Å². The highest BCUT2D eigenvalue weighted by atomic mass is 32.2. The Morgan fingerprint density at radius 3 is 2.66 bits per heavy atom. The molecule has 2 atom stereocenters. The number of hydrogen-bond donors (Lipinski definition) is 6. The van der Waals surface area contributed by atoms with Gasteiger partial charge < -0.3 is 31.1 Å². The number of likely N-dealkylation sites (N-methyl/N-ethyl adjacent to an activating group) is 1. The van der Waals surface area contributed by atoms with Gasteiger partial charge in [-0.2, -0.15) is 5.10 Å². The number of rotatable bonds is 13. The van der Waals surface area contributed by atoms with E-state index in [1.807, 2.05) is 49.5 Å². The normalized spacial score (nSPS) is 25.6. The number of aliphatic hydroxyl groups is 1. The molecule has 298 valence electrons. The molecule has 4 heterocycles. The highest BCUT2D eigenvalue weighted by molar-refractivity contribution is 7.97. The predicted molar refractivity (Wildman–Crippen MR) is 226 cm³/mol. The molecule has 1 aromatic carbocycles. The lowest BCUT2D eigenvalue weighted by atomic mass is 9.59. The van der Waals surface area contributed by atoms with Gasteiger partial charge in [0.25, 0.3) is 0 Å². The van der Waals surface area contributed by atoms with E-state index in [1.54, 1.807) is 18.0 Å². The number of nitrogens with one attached hydrogen (secondary N) is 3. The number of aliphatic carboxylic acids is 1. The SMILES string of the molecule is CC(=C/C(=N)N(C)C1=CC=C(c2cnn(CC3(C)CC4CC(C)CC(C4)C3)c2C)/C(=C(/O)NSCCN2CC(C(=O)O)C2)N1)/C(N)=N/c1nc2ccccc2s1. The van der Waals surface area contributed by atoms with Crippen molar-refractivity contribution in [2.45, 2.75) is 66.3 Å². The molecule has 0 spiro atoms. The van der Waals surface area contributed by atoms with Crippen LogP contribution in [0.3, 0.4) is 0 Å². The molecule has 2 aliphatic heterocycles. The number of aliphatic hydroxyl groups excluding tert-OH is 1. The summed E-state index contributed by atoms with van der Waals surface area (Å²) < 4.78 is 6.28. The van der Waals surface area contributed by atoms with Crippen LogP contribution in [0.5, 0.6) is 0 Å². The first-order valence-electron chi connectivity index (χ1n) is 19.4. The quantitative estimate of drug-likeness (QED) is 0.0344. The third kappa shape index (κ3) is 8.84. The second kappa shape index (κ2) is 16.5. The second-order valence-corrected chi connectivity index (χ2v) is 18.4. The Bertz CT molecular complexity index is 2090. The number of amidine groups is 2. The number of likely N-dealkylation sites (tertiary alicyclic amines) is 1. The summed E-state index contributed by atoms with van der Waals surface area (Å²) in [7, 11) is 1.78. The molecule has 1 saturated heterocycles. The van der Waals surface area contributed by atoms with Gasteiger partial charge in [0.05, 0.1) is 22.3 Å². The maximum absolute atomic E-state index is 11.6. The molecule has 3 aromatic rings. The van der Waals surface area contributed by atoms with Crippen LogP contribution in [0, 0.1) is 41.4 Å². The van der Waals surface area contributed by atoms with Crippen molar-refractivity contribution < 1.29 is 15.0 Å². The van der Waals surface area contributed by atoms with Gasteiger partial charge in [0.15, 0.2) is 0 Å². The molecule has 2 bridgehead atoms. The lowest BCUT2D eigenvalue weighted by Gasteiger charge is -2.47. The summed E-state index contributed by atoms with van der Waals surface area (Å²) in [6.07, 6.45) is 13.9. The molecule has 0 radical (unpaired) electrons. The molecule has 2 aromatic heterocycles. The van der Waals surface area contributed by atoms with Crippen molar-refractivity contribution in [3.05, 3.63) is 82.9 Å². The molecule has 7 N–H and O–H groups in total. The van der Waals surface area contributed by atoms with Crippen LogP contribution in [0.2, 0.25) is 0 Å². The minimum absolute atomic E-state index is 0.0499. The number of dihydropyridines is 1. The zero-order valence-corrected chi connectivity index (χ0v) is 34.5. The largest absolute Gasteiger partial charge is 0.493 e. The highest BCUT2D eigenvalue weighted by Gasteiger charge is 2.41. The van der Waals surface area contributed by atoms with Crippen LogP contribution in [0.15, 0.2) is 76.7 Å². The molecule has 0 amide bonds. The summed E-state index contributed by atoms with van der Waals surface area (Å²) in [6, 6.07) is 7.84. The molecule has 2 saturated carbocycles. The lowest BCUT2D eigenvalue weighted by molar-refractivity contribution is -0.147. The fraction of sp³-hybridized carbons (Fsp3) is 0.488. The number of carboxylic acid groups (broad SMARTS) is 1. The van der Waals surface area contributed by atoms with E-state index in [2.05, 4.69) is 50.4 Å². The van der Waals surface area contributed by atoms with Gasteiger partial charge in [0.1, 0.15) is 23.2 Å². The average Bonchev–Trinajstić information content (AvgIpc) is 3.70. The number of allylic oxidation sites excluding steroid dienone is 3. The Kier molecular flexibility index (Phi) is 11.7. The Hall–Kier alpha value is -4.60. The van der Waals surface area contributed by atoms with E-state index in [0.717, 1.165) is 51.3 Å². The van der Waals surface area contributed by atoms with E-state index < -0.39 is 5.97 Å². The molecule has 13 nitrogen and oxygen atoms in total. The van der Waals surface area contributed by atoms with Crippen LogP contribution < -0.4 is 15.8 Å². The monoisotopic (exact) mass is 798 g/mol. The summed E-state index contributed by atoms with van der Waals surface area (Å²) in [5.41, 5.74) is 11.2. The van der Waals surface area contributed by atoms with Gasteiger partial charge in [0.2, 0.25) is 11.0 Å². The van der Waals surface area contributed by atoms with Gasteiger partial charge in [-0.3, -0.25) is 19.6 Å². The number of benzene rings is 1. The standard InChI is InChI=1S/C41H54N10O3S2/c1-24-14-27-17-28(15-24)19-41(4,18-27)23-51-26(3)31(20-44-51)30-10-11-35(46-36(30)38(52)48-55-13-12-50-21-29(22-50)39(53)54)49(5)34(42)16-25(2)37(43)47-40-45-32-8-6-7-9-33(32)56-40/h6-11,16,20,24,27-29,42,46,48,52H,12-15,17-19,21-23H2,1-5H3,(H,53,54)(H2,43,45,47)/b25-16-,38-36-,42-34?. The third-order valence-corrected chi connectivity index (χ3v) is 13.4. The van der Waals surface area contributed by atoms with E-state index in [0.29, 0.717) is 47.6 Å². The highest BCUT2D eigenvalue weighted by Crippen LogP contribution is 2.51. The number of para-hydroxylation sites is 1. The summed E-state index contributed by atoms with van der Waals surface area (Å²) >= 11 is 2.82. The molecule has 3 fully saturated rings. The average molecular weight is 799 g/mol. The van der Waals surface area contributed by atoms with Crippen LogP contribution in [0.25, 0.3) is 15.8 Å². The maximum atomic E-state index is 11.6. The number of fused-ring (bicyclic) bond motifs is 3. The number of thiazole rings is 1. The molecule has 2 aliphatic carbocycles. The second-order valence-electron chi connectivity index (χ2n) is 16.5. The number of nitrogens with zero attached hydrogens (tertiary/aromatic N) is 6. The van der Waals surface area contributed by atoms with Crippen LogP contribution in [-0.4, -0.2) is 84.9 Å². The minimum Gasteiger partial charge on any atom is -0.493 e. The van der Waals surface area contributed by atoms with Gasteiger partial charge in [0, 0.05) is 55.8 Å². The molecule has 4 aliphatic rings. The number of hydrogen-bond acceptors (Lipinski definition) is 11. The van der Waals surface area contributed by atoms with Crippen molar-refractivity contribution in [3.63, 3.8) is 0 Å². The van der Waals surface area contributed by atoms with Gasteiger partial charge in [-0.15, -0.1) is 0 Å². The van der Waals surface area contributed by atoms with E-state index in [-0.39, 0.29) is 28.9 Å². The molecule has 7 rings (SSSR count). The number of aromatic nitrogens is 3. The van der Waals surface area contributed by atoms with Crippen LogP contribution >= 0.6 is 23.3 Å². The van der Waals surface area contributed by atoms with E-state index in [1.165, 1.54) is 55.4 Å². The number of carboxylic acids is 1.